The summed E-state index contributed by atoms with van der Waals surface area (Å²) in [6.45, 7) is 6.78. The van der Waals surface area contributed by atoms with E-state index in [1.54, 1.807) is 4.57 Å². The lowest BCUT2D eigenvalue weighted by Gasteiger charge is -2.06. The van der Waals surface area contributed by atoms with E-state index >= 15 is 0 Å². The number of aromatic nitrogens is 1. The van der Waals surface area contributed by atoms with E-state index in [0.29, 0.717) is 17.3 Å². The van der Waals surface area contributed by atoms with Gasteiger partial charge in [0.1, 0.15) is 12.3 Å². The van der Waals surface area contributed by atoms with Crippen molar-refractivity contribution in [3.8, 4) is 5.75 Å². The molecule has 0 saturated heterocycles. The first-order chi connectivity index (χ1) is 14.4. The van der Waals surface area contributed by atoms with Gasteiger partial charge in [0, 0.05) is 0 Å². The van der Waals surface area contributed by atoms with E-state index in [2.05, 4.69) is 24.9 Å². The fourth-order valence-corrected chi connectivity index (χ4v) is 4.17. The van der Waals surface area contributed by atoms with Crippen LogP contribution in [0, 0.1) is 0 Å². The lowest BCUT2D eigenvalue weighted by atomic mass is 10.0. The lowest BCUT2D eigenvalue weighted by Crippen LogP contribution is -2.22. The fraction of sp³-hybridized carbons (Fsp3) is 0.348. The molecule has 7 heteroatoms. The predicted octanol–water partition coefficient (Wildman–Crippen LogP) is 4.07. The van der Waals surface area contributed by atoms with Crippen molar-refractivity contribution in [3.63, 3.8) is 0 Å². The number of benzene rings is 2. The van der Waals surface area contributed by atoms with Gasteiger partial charge in [-0.1, -0.05) is 43.4 Å². The summed E-state index contributed by atoms with van der Waals surface area (Å²) in [4.78, 5) is 29.4. The maximum Gasteiger partial charge on any atom is 0.325 e. The number of esters is 1. The normalized spacial score (nSPS) is 11.8. The van der Waals surface area contributed by atoms with Crippen LogP contribution in [0.4, 0.5) is 0 Å². The Morgan fingerprint density at radius 3 is 2.50 bits per heavy atom. The quantitative estimate of drug-likeness (QED) is 0.534. The van der Waals surface area contributed by atoms with Crippen LogP contribution in [-0.4, -0.2) is 30.2 Å². The first-order valence-corrected chi connectivity index (χ1v) is 10.7. The maximum atomic E-state index is 12.6. The highest BCUT2D eigenvalue weighted by molar-refractivity contribution is 7.16. The maximum absolute atomic E-state index is 12.6. The minimum atomic E-state index is -0.386. The van der Waals surface area contributed by atoms with E-state index < -0.39 is 0 Å². The Morgan fingerprint density at radius 1 is 1.13 bits per heavy atom. The Hall–Kier alpha value is -2.93. The van der Waals surface area contributed by atoms with E-state index in [4.69, 9.17) is 9.47 Å². The second-order valence-electron chi connectivity index (χ2n) is 7.19. The van der Waals surface area contributed by atoms with Gasteiger partial charge in [0.2, 0.25) is 0 Å². The highest BCUT2D eigenvalue weighted by Gasteiger charge is 2.13. The molecule has 0 radical (unpaired) electrons. The molecule has 1 aromatic heterocycles. The predicted molar refractivity (Wildman–Crippen MR) is 118 cm³/mol. The molecule has 158 valence electrons. The molecule has 0 aliphatic rings. The van der Waals surface area contributed by atoms with Crippen LogP contribution in [0.3, 0.4) is 0 Å². The second-order valence-corrected chi connectivity index (χ2v) is 8.20. The van der Waals surface area contributed by atoms with Gasteiger partial charge >= 0.3 is 5.97 Å². The van der Waals surface area contributed by atoms with Crippen LogP contribution in [0.1, 0.15) is 37.8 Å². The number of hydrogen-bond acceptors (Lipinski definition) is 5. The zero-order valence-electron chi connectivity index (χ0n) is 17.7. The number of fused-ring (bicyclic) bond motifs is 1. The summed E-state index contributed by atoms with van der Waals surface area (Å²) in [5.74, 6) is 0.496. The first-order valence-electron chi connectivity index (χ1n) is 9.90. The van der Waals surface area contributed by atoms with Gasteiger partial charge in [0.05, 0.1) is 30.4 Å². The molecule has 3 rings (SSSR count). The molecule has 0 atom stereocenters. The second kappa shape index (κ2) is 9.71. The van der Waals surface area contributed by atoms with Crippen molar-refractivity contribution < 1.29 is 19.1 Å². The third kappa shape index (κ3) is 5.16. The summed E-state index contributed by atoms with van der Waals surface area (Å²) in [6.07, 6.45) is 0.177. The van der Waals surface area contributed by atoms with Crippen LogP contribution in [0.5, 0.6) is 5.75 Å². The molecule has 2 aromatic carbocycles. The summed E-state index contributed by atoms with van der Waals surface area (Å²) < 4.78 is 13.0. The van der Waals surface area contributed by atoms with Crippen LogP contribution < -0.4 is 9.54 Å². The van der Waals surface area contributed by atoms with E-state index in [1.165, 1.54) is 24.0 Å². The standard InChI is InChI=1S/C23H26N2O4S/c1-5-29-18-9-6-16(7-10-18)12-21(26)24-23-25(14-22(27)28-4)19-11-8-17(15(2)3)13-20(19)30-23/h6-11,13,15H,5,12,14H2,1-4H3. The zero-order chi connectivity index (χ0) is 21.7. The molecule has 0 aliphatic heterocycles. The van der Waals surface area contributed by atoms with Crippen LogP contribution >= 0.6 is 11.3 Å². The van der Waals surface area contributed by atoms with Crippen molar-refractivity contribution in [2.45, 2.75) is 39.7 Å². The molecule has 30 heavy (non-hydrogen) atoms. The highest BCUT2D eigenvalue weighted by Crippen LogP contribution is 2.23. The number of methoxy groups -OCH3 is 1. The van der Waals surface area contributed by atoms with Crippen molar-refractivity contribution >= 4 is 33.4 Å². The minimum Gasteiger partial charge on any atom is -0.494 e. The molecule has 1 amide bonds. The molecule has 0 N–H and O–H groups in total. The monoisotopic (exact) mass is 426 g/mol. The van der Waals surface area contributed by atoms with Crippen molar-refractivity contribution in [3.05, 3.63) is 58.4 Å². The average Bonchev–Trinajstić information content (AvgIpc) is 3.05. The Labute approximate surface area is 179 Å². The molecule has 0 aliphatic carbocycles. The van der Waals surface area contributed by atoms with Crippen molar-refractivity contribution in [1.29, 1.82) is 0 Å². The Bertz CT molecular complexity index is 1110. The number of rotatable bonds is 7. The number of ether oxygens (including phenoxy) is 2. The zero-order valence-corrected chi connectivity index (χ0v) is 18.5. The number of thiazole rings is 1. The van der Waals surface area contributed by atoms with Gasteiger partial charge in [-0.25, -0.2) is 0 Å². The minimum absolute atomic E-state index is 0.00664. The SMILES string of the molecule is CCOc1ccc(CC(=O)N=c2sc3cc(C(C)C)ccc3n2CC(=O)OC)cc1. The average molecular weight is 427 g/mol. The number of carbonyl (C=O) groups excluding carboxylic acids is 2. The third-order valence-electron chi connectivity index (χ3n) is 4.70. The van der Waals surface area contributed by atoms with Crippen molar-refractivity contribution in [2.24, 2.45) is 4.99 Å². The molecular weight excluding hydrogens is 400 g/mol. The Kier molecular flexibility index (Phi) is 7.05. The Morgan fingerprint density at radius 2 is 1.87 bits per heavy atom. The molecular formula is C23H26N2O4S. The van der Waals surface area contributed by atoms with Gasteiger partial charge in [0.25, 0.3) is 5.91 Å². The third-order valence-corrected chi connectivity index (χ3v) is 5.74. The molecule has 3 aromatic rings. The number of amides is 1. The fourth-order valence-electron chi connectivity index (χ4n) is 3.07. The van der Waals surface area contributed by atoms with Gasteiger partial charge in [-0.2, -0.15) is 4.99 Å². The summed E-state index contributed by atoms with van der Waals surface area (Å²) in [5.41, 5.74) is 2.92. The van der Waals surface area contributed by atoms with Gasteiger partial charge in [0.15, 0.2) is 4.80 Å². The van der Waals surface area contributed by atoms with Crippen LogP contribution in [0.25, 0.3) is 10.2 Å². The first kappa shape index (κ1) is 21.8. The van der Waals surface area contributed by atoms with E-state index in [-0.39, 0.29) is 24.8 Å². The Balaban J connectivity index is 1.95. The molecule has 6 nitrogen and oxygen atoms in total. The van der Waals surface area contributed by atoms with Gasteiger partial charge in [-0.3, -0.25) is 9.59 Å². The summed E-state index contributed by atoms with van der Waals surface area (Å²) in [7, 11) is 1.35. The highest BCUT2D eigenvalue weighted by atomic mass is 32.1. The van der Waals surface area contributed by atoms with E-state index in [1.807, 2.05) is 43.3 Å². The van der Waals surface area contributed by atoms with Crippen LogP contribution in [-0.2, 0) is 27.3 Å². The topological polar surface area (TPSA) is 69.9 Å². The van der Waals surface area contributed by atoms with Gasteiger partial charge in [-0.15, -0.1) is 0 Å². The smallest absolute Gasteiger partial charge is 0.325 e. The van der Waals surface area contributed by atoms with Gasteiger partial charge < -0.3 is 14.0 Å². The molecule has 0 saturated carbocycles. The number of carbonyl (C=O) groups is 2. The van der Waals surface area contributed by atoms with Gasteiger partial charge in [-0.05, 0) is 48.2 Å². The van der Waals surface area contributed by atoms with Crippen LogP contribution in [0.2, 0.25) is 0 Å². The van der Waals surface area contributed by atoms with Crippen molar-refractivity contribution in [1.82, 2.24) is 4.57 Å². The molecule has 1 heterocycles. The number of hydrogen-bond donors (Lipinski definition) is 0. The van der Waals surface area contributed by atoms with E-state index in [0.717, 1.165) is 21.5 Å². The van der Waals surface area contributed by atoms with E-state index in [9.17, 15) is 9.59 Å². The largest absolute Gasteiger partial charge is 0.494 e. The van der Waals surface area contributed by atoms with Crippen molar-refractivity contribution in [2.75, 3.05) is 13.7 Å². The number of nitrogens with zero attached hydrogens (tertiary/aromatic N) is 2. The molecule has 0 spiro atoms. The lowest BCUT2D eigenvalue weighted by molar-refractivity contribution is -0.141. The summed E-state index contributed by atoms with van der Waals surface area (Å²) >= 11 is 1.40. The summed E-state index contributed by atoms with van der Waals surface area (Å²) in [6, 6.07) is 13.5. The molecule has 0 bridgehead atoms. The molecule has 0 fully saturated rings. The van der Waals surface area contributed by atoms with Crippen LogP contribution in [0.15, 0.2) is 47.5 Å². The molecule has 0 unspecified atom stereocenters. The summed E-state index contributed by atoms with van der Waals surface area (Å²) in [5, 5.41) is 0.